The molecule has 3 aromatic rings. The number of nitrogens with zero attached hydrogens (tertiary/aromatic N) is 1. The van der Waals surface area contributed by atoms with Crippen LogP contribution in [0.4, 0.5) is 10.1 Å². The largest absolute Gasteiger partial charge is 0.507 e. The summed E-state index contributed by atoms with van der Waals surface area (Å²) < 4.78 is 20.9. The van der Waals surface area contributed by atoms with E-state index in [9.17, 15) is 19.1 Å². The maximum Gasteiger partial charge on any atom is 0.300 e. The van der Waals surface area contributed by atoms with Crippen molar-refractivity contribution in [3.05, 3.63) is 101 Å². The standard InChI is InChI=1S/C29H28FNO4/c1-2-3-4-10-18-35-22-15-11-14-21(19-22)31-26(23-16-8-9-17-24(23)30)25(28(33)29(31)34)27(32)20-12-6-5-7-13-20/h5-9,11-17,19,26,32H,2-4,10,18H2,1H3/b27-25-. The zero-order chi connectivity index (χ0) is 24.8. The van der Waals surface area contributed by atoms with E-state index in [-0.39, 0.29) is 16.9 Å². The zero-order valence-electron chi connectivity index (χ0n) is 19.6. The molecule has 0 bridgehead atoms. The topological polar surface area (TPSA) is 66.8 Å². The van der Waals surface area contributed by atoms with E-state index in [2.05, 4.69) is 6.92 Å². The van der Waals surface area contributed by atoms with Gasteiger partial charge in [-0.25, -0.2) is 4.39 Å². The number of carbonyl (C=O) groups is 2. The van der Waals surface area contributed by atoms with Gasteiger partial charge in [-0.1, -0.05) is 80.8 Å². The summed E-state index contributed by atoms with van der Waals surface area (Å²) in [4.78, 5) is 27.7. The van der Waals surface area contributed by atoms with Crippen LogP contribution < -0.4 is 9.64 Å². The molecule has 4 rings (SSSR count). The van der Waals surface area contributed by atoms with Gasteiger partial charge in [-0.15, -0.1) is 0 Å². The van der Waals surface area contributed by atoms with Gasteiger partial charge in [-0.3, -0.25) is 14.5 Å². The van der Waals surface area contributed by atoms with E-state index < -0.39 is 23.5 Å². The normalized spacial score (nSPS) is 17.1. The molecule has 0 aromatic heterocycles. The molecule has 1 amide bonds. The number of aliphatic hydroxyl groups excluding tert-OH is 1. The Bertz CT molecular complexity index is 1240. The van der Waals surface area contributed by atoms with Gasteiger partial charge in [-0.05, 0) is 24.6 Å². The van der Waals surface area contributed by atoms with Crippen molar-refractivity contribution in [2.24, 2.45) is 0 Å². The minimum Gasteiger partial charge on any atom is -0.507 e. The number of carbonyl (C=O) groups excluding carboxylic acids is 2. The Hall–Kier alpha value is -3.93. The van der Waals surface area contributed by atoms with E-state index in [0.717, 1.165) is 25.7 Å². The number of rotatable bonds is 9. The van der Waals surface area contributed by atoms with Gasteiger partial charge >= 0.3 is 0 Å². The molecular formula is C29H28FNO4. The fraction of sp³-hybridized carbons (Fsp3) is 0.241. The number of ketones is 1. The number of halogens is 1. The Kier molecular flexibility index (Phi) is 7.60. The molecule has 3 aromatic carbocycles. The molecule has 1 saturated heterocycles. The molecule has 1 fully saturated rings. The van der Waals surface area contributed by atoms with Crippen LogP contribution in [0.2, 0.25) is 0 Å². The molecule has 1 unspecified atom stereocenters. The van der Waals surface area contributed by atoms with Crippen LogP contribution in [0.5, 0.6) is 5.75 Å². The van der Waals surface area contributed by atoms with E-state index in [1.165, 1.54) is 23.1 Å². The summed E-state index contributed by atoms with van der Waals surface area (Å²) in [5.41, 5.74) is 0.724. The lowest BCUT2D eigenvalue weighted by Gasteiger charge is -2.26. The number of benzene rings is 3. The predicted octanol–water partition coefficient (Wildman–Crippen LogP) is 6.41. The monoisotopic (exact) mass is 473 g/mol. The highest BCUT2D eigenvalue weighted by molar-refractivity contribution is 6.51. The molecule has 0 spiro atoms. The molecule has 1 N–H and O–H groups in total. The van der Waals surface area contributed by atoms with E-state index >= 15 is 0 Å². The van der Waals surface area contributed by atoms with Crippen molar-refractivity contribution in [1.82, 2.24) is 0 Å². The Morgan fingerprint density at radius 2 is 1.69 bits per heavy atom. The van der Waals surface area contributed by atoms with Gasteiger partial charge in [0.05, 0.1) is 18.2 Å². The quantitative estimate of drug-likeness (QED) is 0.169. The number of ether oxygens (including phenoxy) is 1. The molecule has 180 valence electrons. The highest BCUT2D eigenvalue weighted by atomic mass is 19.1. The second-order valence-corrected chi connectivity index (χ2v) is 8.46. The Morgan fingerprint density at radius 1 is 0.943 bits per heavy atom. The van der Waals surface area contributed by atoms with E-state index in [1.807, 2.05) is 0 Å². The molecule has 0 aliphatic carbocycles. The first-order valence-corrected chi connectivity index (χ1v) is 11.9. The second-order valence-electron chi connectivity index (χ2n) is 8.46. The van der Waals surface area contributed by atoms with Gasteiger partial charge < -0.3 is 9.84 Å². The molecule has 0 radical (unpaired) electrons. The van der Waals surface area contributed by atoms with Crippen molar-refractivity contribution in [3.63, 3.8) is 0 Å². The van der Waals surface area contributed by atoms with Crippen LogP contribution in [-0.2, 0) is 9.59 Å². The third-order valence-electron chi connectivity index (χ3n) is 6.05. The van der Waals surface area contributed by atoms with E-state index in [0.29, 0.717) is 23.6 Å². The third kappa shape index (κ3) is 5.11. The minimum atomic E-state index is -1.13. The second kappa shape index (κ2) is 11.0. The van der Waals surface area contributed by atoms with Gasteiger partial charge in [0.1, 0.15) is 17.3 Å². The van der Waals surface area contributed by atoms with Gasteiger partial charge in [-0.2, -0.15) is 0 Å². The van der Waals surface area contributed by atoms with Crippen LogP contribution in [0, 0.1) is 5.82 Å². The van der Waals surface area contributed by atoms with Crippen molar-refractivity contribution < 1.29 is 23.8 Å². The van der Waals surface area contributed by atoms with Crippen LogP contribution in [0.15, 0.2) is 84.4 Å². The lowest BCUT2D eigenvalue weighted by atomic mass is 9.94. The Labute approximate surface area is 204 Å². The molecule has 1 aliphatic rings. The third-order valence-corrected chi connectivity index (χ3v) is 6.05. The predicted molar refractivity (Wildman–Crippen MR) is 134 cm³/mol. The maximum atomic E-state index is 15.0. The van der Waals surface area contributed by atoms with E-state index in [4.69, 9.17) is 4.74 Å². The molecule has 35 heavy (non-hydrogen) atoms. The zero-order valence-corrected chi connectivity index (χ0v) is 19.6. The average molecular weight is 474 g/mol. The summed E-state index contributed by atoms with van der Waals surface area (Å²) in [5, 5.41) is 11.1. The van der Waals surface area contributed by atoms with Crippen LogP contribution in [-0.4, -0.2) is 23.4 Å². The summed E-state index contributed by atoms with van der Waals surface area (Å²) in [6, 6.07) is 20.1. The van der Waals surface area contributed by atoms with Crippen LogP contribution in [0.1, 0.15) is 49.8 Å². The summed E-state index contributed by atoms with van der Waals surface area (Å²) in [5.74, 6) is -2.08. The minimum absolute atomic E-state index is 0.120. The first kappa shape index (κ1) is 24.2. The smallest absolute Gasteiger partial charge is 0.300 e. The first-order valence-electron chi connectivity index (χ1n) is 11.9. The summed E-state index contributed by atoms with van der Waals surface area (Å²) in [6.07, 6.45) is 4.24. The molecule has 1 aliphatic heterocycles. The van der Waals surface area contributed by atoms with Gasteiger partial charge in [0, 0.05) is 22.9 Å². The van der Waals surface area contributed by atoms with E-state index in [1.54, 1.807) is 60.7 Å². The summed E-state index contributed by atoms with van der Waals surface area (Å²) in [7, 11) is 0. The Balaban J connectivity index is 1.77. The van der Waals surface area contributed by atoms with Gasteiger partial charge in [0.15, 0.2) is 0 Å². The summed E-state index contributed by atoms with van der Waals surface area (Å²) >= 11 is 0. The Morgan fingerprint density at radius 3 is 2.43 bits per heavy atom. The van der Waals surface area contributed by atoms with Crippen LogP contribution >= 0.6 is 0 Å². The number of aliphatic hydroxyl groups is 1. The fourth-order valence-electron chi connectivity index (χ4n) is 4.28. The SMILES string of the molecule is CCCCCCOc1cccc(N2C(=O)C(=O)/C(=C(\O)c3ccccc3)C2c2ccccc2F)c1. The molecule has 6 heteroatoms. The number of Topliss-reactive ketones (excluding diaryl/α,β-unsaturated/α-hetero) is 1. The highest BCUT2D eigenvalue weighted by Gasteiger charge is 2.47. The average Bonchev–Trinajstić information content (AvgIpc) is 3.14. The summed E-state index contributed by atoms with van der Waals surface area (Å²) in [6.45, 7) is 2.68. The van der Waals surface area contributed by atoms with Crippen molar-refractivity contribution in [1.29, 1.82) is 0 Å². The van der Waals surface area contributed by atoms with Crippen molar-refractivity contribution in [3.8, 4) is 5.75 Å². The lowest BCUT2D eigenvalue weighted by molar-refractivity contribution is -0.132. The van der Waals surface area contributed by atoms with Gasteiger partial charge in [0.25, 0.3) is 11.7 Å². The van der Waals surface area contributed by atoms with Crippen molar-refractivity contribution in [2.75, 3.05) is 11.5 Å². The number of unbranched alkanes of at least 4 members (excludes halogenated alkanes) is 3. The molecule has 1 atom stereocenters. The van der Waals surface area contributed by atoms with Crippen LogP contribution in [0.3, 0.4) is 0 Å². The first-order chi connectivity index (χ1) is 17.0. The lowest BCUT2D eigenvalue weighted by Crippen LogP contribution is -2.29. The number of hydrogen-bond acceptors (Lipinski definition) is 4. The maximum absolute atomic E-state index is 15.0. The van der Waals surface area contributed by atoms with Crippen molar-refractivity contribution in [2.45, 2.75) is 38.6 Å². The molecule has 5 nitrogen and oxygen atoms in total. The number of amides is 1. The molecule has 0 saturated carbocycles. The van der Waals surface area contributed by atoms with Crippen LogP contribution in [0.25, 0.3) is 5.76 Å². The van der Waals surface area contributed by atoms with Gasteiger partial charge in [0.2, 0.25) is 0 Å². The number of hydrogen-bond donors (Lipinski definition) is 1. The molecular weight excluding hydrogens is 445 g/mol. The fourth-order valence-corrected chi connectivity index (χ4v) is 4.28. The highest BCUT2D eigenvalue weighted by Crippen LogP contribution is 2.43. The van der Waals surface area contributed by atoms with Crippen molar-refractivity contribution >= 4 is 23.1 Å². The molecule has 1 heterocycles. The number of anilines is 1.